The summed E-state index contributed by atoms with van der Waals surface area (Å²) >= 11 is 12.1. The number of nitrogens with zero attached hydrogens (tertiary/aromatic N) is 1. The molecule has 0 aromatic heterocycles. The zero-order valence-electron chi connectivity index (χ0n) is 21.2. The predicted molar refractivity (Wildman–Crippen MR) is 145 cm³/mol. The lowest BCUT2D eigenvalue weighted by Crippen LogP contribution is -2.35. The van der Waals surface area contributed by atoms with Gasteiger partial charge in [-0.05, 0) is 63.8 Å². The summed E-state index contributed by atoms with van der Waals surface area (Å²) in [6.45, 7) is 11.6. The fourth-order valence-electron chi connectivity index (χ4n) is 4.16. The Labute approximate surface area is 216 Å². The molecule has 2 unspecified atom stereocenters. The smallest absolute Gasteiger partial charge is 0.261 e. The van der Waals surface area contributed by atoms with Crippen LogP contribution in [0.3, 0.4) is 0 Å². The van der Waals surface area contributed by atoms with Crippen LogP contribution < -0.4 is 4.90 Å². The third-order valence-electron chi connectivity index (χ3n) is 5.80. The lowest BCUT2D eigenvalue weighted by atomic mass is 9.73. The van der Waals surface area contributed by atoms with Crippen molar-refractivity contribution in [3.8, 4) is 0 Å². The number of ether oxygens (including phenoxy) is 2. The number of alkyl halides is 2. The van der Waals surface area contributed by atoms with E-state index in [-0.39, 0.29) is 18.7 Å². The van der Waals surface area contributed by atoms with Crippen molar-refractivity contribution in [1.29, 1.82) is 0 Å². The van der Waals surface area contributed by atoms with Crippen molar-refractivity contribution in [2.75, 3.05) is 55.7 Å². The molecule has 0 aliphatic rings. The highest BCUT2D eigenvalue weighted by Gasteiger charge is 2.49. The Balaban J connectivity index is 3.51. The van der Waals surface area contributed by atoms with Crippen LogP contribution in [-0.2, 0) is 23.4 Å². The van der Waals surface area contributed by atoms with Crippen LogP contribution >= 0.6 is 30.6 Å². The number of halogens is 2. The normalized spacial score (nSPS) is 14.4. The van der Waals surface area contributed by atoms with Gasteiger partial charge in [-0.3, -0.25) is 4.57 Å². The van der Waals surface area contributed by atoms with E-state index in [1.54, 1.807) is 14.2 Å². The second-order valence-electron chi connectivity index (χ2n) is 8.09. The number of aryl methyl sites for hydroxylation is 1. The molecule has 0 saturated heterocycles. The number of carbonyl (C=O) groups excluding carboxylic acids is 1. The summed E-state index contributed by atoms with van der Waals surface area (Å²) in [5.41, 5.74) is 1.79. The Bertz CT molecular complexity index is 774. The molecular formula is C24H40BCl2NO5P. The van der Waals surface area contributed by atoms with Crippen LogP contribution in [0.25, 0.3) is 0 Å². The zero-order chi connectivity index (χ0) is 25.6. The molecule has 1 radical (unpaired) electrons. The number of rotatable bonds is 19. The second-order valence-corrected chi connectivity index (χ2v) is 11.6. The van der Waals surface area contributed by atoms with Gasteiger partial charge < -0.3 is 23.7 Å². The molecular weight excluding hydrogens is 495 g/mol. The van der Waals surface area contributed by atoms with Crippen LogP contribution in [0.15, 0.2) is 18.2 Å². The minimum Gasteiger partial charge on any atom is -0.369 e. The van der Waals surface area contributed by atoms with E-state index in [4.69, 9.17) is 37.2 Å². The van der Waals surface area contributed by atoms with Gasteiger partial charge in [0.05, 0.1) is 12.8 Å². The van der Waals surface area contributed by atoms with Crippen LogP contribution in [-0.4, -0.2) is 69.8 Å². The summed E-state index contributed by atoms with van der Waals surface area (Å²) in [7, 11) is -1.84. The van der Waals surface area contributed by atoms with E-state index >= 15 is 0 Å². The van der Waals surface area contributed by atoms with Crippen molar-refractivity contribution in [3.05, 3.63) is 29.3 Å². The van der Waals surface area contributed by atoms with Crippen LogP contribution in [0.5, 0.6) is 0 Å². The summed E-state index contributed by atoms with van der Waals surface area (Å²) in [5.74, 6) is 0.833. The molecule has 2 atom stereocenters. The van der Waals surface area contributed by atoms with Crippen molar-refractivity contribution in [1.82, 2.24) is 0 Å². The molecule has 1 aromatic rings. The summed E-state index contributed by atoms with van der Waals surface area (Å²) < 4.78 is 32.1. The highest BCUT2D eigenvalue weighted by atomic mass is 35.5. The maximum atomic E-state index is 14.4. The van der Waals surface area contributed by atoms with Gasteiger partial charge in [0.15, 0.2) is 7.28 Å². The monoisotopic (exact) mass is 534 g/mol. The van der Waals surface area contributed by atoms with Gasteiger partial charge in [0, 0.05) is 49.9 Å². The van der Waals surface area contributed by atoms with E-state index in [0.717, 1.165) is 23.0 Å². The van der Waals surface area contributed by atoms with Gasteiger partial charge in [0.2, 0.25) is 5.53 Å². The Morgan fingerprint density at radius 3 is 2.24 bits per heavy atom. The van der Waals surface area contributed by atoms with E-state index in [1.165, 1.54) is 0 Å². The first-order valence-corrected chi connectivity index (χ1v) is 14.9. The van der Waals surface area contributed by atoms with Gasteiger partial charge in [-0.1, -0.05) is 18.8 Å². The van der Waals surface area contributed by atoms with Crippen molar-refractivity contribution < 1.29 is 23.4 Å². The lowest BCUT2D eigenvalue weighted by Gasteiger charge is -2.38. The molecule has 0 saturated carbocycles. The molecule has 0 bridgehead atoms. The molecule has 193 valence electrons. The number of hydrogen-bond acceptors (Lipinski definition) is 6. The number of hydrogen-bond donors (Lipinski definition) is 0. The Morgan fingerprint density at radius 2 is 1.74 bits per heavy atom. The first-order valence-electron chi connectivity index (χ1n) is 12.0. The summed E-state index contributed by atoms with van der Waals surface area (Å²) in [4.78, 5) is 13.1. The molecule has 34 heavy (non-hydrogen) atoms. The Hall–Kier alpha value is -0.555. The van der Waals surface area contributed by atoms with Crippen LogP contribution in [0.2, 0.25) is 6.32 Å². The van der Waals surface area contributed by atoms with Crippen LogP contribution in [0, 0.1) is 6.92 Å². The molecule has 0 heterocycles. The van der Waals surface area contributed by atoms with E-state index in [2.05, 4.69) is 23.1 Å². The second kappa shape index (κ2) is 16.2. The molecule has 1 rings (SSSR count). The quantitative estimate of drug-likeness (QED) is 0.0531. The molecule has 0 spiro atoms. The van der Waals surface area contributed by atoms with Crippen LogP contribution in [0.4, 0.5) is 5.69 Å². The molecule has 0 fully saturated rings. The topological polar surface area (TPSA) is 65.1 Å². The third kappa shape index (κ3) is 8.83. The van der Waals surface area contributed by atoms with Crippen molar-refractivity contribution >= 4 is 49.7 Å². The molecule has 0 aliphatic carbocycles. The van der Waals surface area contributed by atoms with E-state index in [9.17, 15) is 9.36 Å². The maximum Gasteiger partial charge on any atom is 0.261 e. The average Bonchev–Trinajstić information content (AvgIpc) is 2.79. The molecule has 0 aliphatic heterocycles. The summed E-state index contributed by atoms with van der Waals surface area (Å²) in [6, 6.07) is 6.24. The Kier molecular flexibility index (Phi) is 15.0. The summed E-state index contributed by atoms with van der Waals surface area (Å²) in [6.07, 6.45) is 2.24. The predicted octanol–water partition coefficient (Wildman–Crippen LogP) is 6.13. The zero-order valence-corrected chi connectivity index (χ0v) is 23.6. The van der Waals surface area contributed by atoms with Crippen LogP contribution in [0.1, 0.15) is 51.2 Å². The van der Waals surface area contributed by atoms with Gasteiger partial charge in [-0.2, -0.15) is 0 Å². The number of carbonyl (C=O) groups is 1. The van der Waals surface area contributed by atoms with Gasteiger partial charge >= 0.3 is 0 Å². The fourth-order valence-corrected chi connectivity index (χ4v) is 7.27. The largest absolute Gasteiger partial charge is 0.369 e. The Morgan fingerprint density at radius 1 is 1.12 bits per heavy atom. The highest BCUT2D eigenvalue weighted by molar-refractivity contribution is 7.60. The minimum absolute atomic E-state index is 0.136. The molecule has 1 aromatic carbocycles. The molecule has 6 nitrogen and oxygen atoms in total. The lowest BCUT2D eigenvalue weighted by molar-refractivity contribution is -0.168. The minimum atomic E-state index is -3.43. The van der Waals surface area contributed by atoms with Gasteiger partial charge in [0.25, 0.3) is 7.37 Å². The van der Waals surface area contributed by atoms with Crippen molar-refractivity contribution in [3.63, 3.8) is 0 Å². The maximum absolute atomic E-state index is 14.4. The standard InChI is InChI=1S/C24H40BCl2NO5P/c1-6-31-24(5,32-7-2)34(30,33-8-3)18-21(11-12-25-19-29)23-17-22(10-9-20(23)4)28(15-13-26)16-14-27/h9-10,17,19,21H,6-8,11-16,18H2,1-5H3. The van der Waals surface area contributed by atoms with Crippen molar-refractivity contribution in [2.24, 2.45) is 0 Å². The fraction of sp³-hybridized carbons (Fsp3) is 0.708. The van der Waals surface area contributed by atoms with Crippen molar-refractivity contribution in [2.45, 2.75) is 58.8 Å². The molecule has 0 N–H and O–H groups in total. The third-order valence-corrected chi connectivity index (χ3v) is 9.23. The first-order chi connectivity index (χ1) is 16.3. The number of anilines is 1. The van der Waals surface area contributed by atoms with E-state index < -0.39 is 12.9 Å². The van der Waals surface area contributed by atoms with Gasteiger partial charge in [0.1, 0.15) is 0 Å². The SMILES string of the molecule is CCOC(C)(OCC)P(=O)(CC(CC[B]C=O)c1cc(N(CCCl)CCCl)ccc1C)OCC. The van der Waals surface area contributed by atoms with Gasteiger partial charge in [-0.15, -0.1) is 23.2 Å². The summed E-state index contributed by atoms with van der Waals surface area (Å²) in [5, 5.41) is 0. The highest BCUT2D eigenvalue weighted by Crippen LogP contribution is 2.62. The van der Waals surface area contributed by atoms with E-state index in [0.29, 0.717) is 50.8 Å². The number of benzene rings is 1. The van der Waals surface area contributed by atoms with Gasteiger partial charge in [-0.25, -0.2) is 0 Å². The first kappa shape index (κ1) is 31.5. The molecule has 10 heteroatoms. The average molecular weight is 535 g/mol. The molecule has 0 amide bonds. The van der Waals surface area contributed by atoms with E-state index in [1.807, 2.05) is 27.7 Å².